The number of carbonyl (C=O) groups is 2. The molecule has 2 N–H and O–H groups in total. The van der Waals surface area contributed by atoms with E-state index in [1.54, 1.807) is 30.3 Å². The van der Waals surface area contributed by atoms with Crippen LogP contribution in [-0.4, -0.2) is 28.2 Å². The molecule has 7 heteroatoms. The highest BCUT2D eigenvalue weighted by molar-refractivity contribution is 6.30. The summed E-state index contributed by atoms with van der Waals surface area (Å²) in [5, 5.41) is 6.63. The number of aromatic nitrogens is 2. The number of hydrogen-bond donors (Lipinski definition) is 2. The Kier molecular flexibility index (Phi) is 6.34. The average molecular weight is 395 g/mol. The van der Waals surface area contributed by atoms with Crippen molar-refractivity contribution < 1.29 is 9.59 Å². The number of hydrogen-bond acceptors (Lipinski definition) is 5. The summed E-state index contributed by atoms with van der Waals surface area (Å²) in [7, 11) is 0. The van der Waals surface area contributed by atoms with Crippen molar-refractivity contribution in [3.63, 3.8) is 0 Å². The van der Waals surface area contributed by atoms with Crippen LogP contribution in [0, 0.1) is 0 Å². The van der Waals surface area contributed by atoms with Crippen molar-refractivity contribution in [2.75, 3.05) is 17.2 Å². The molecule has 0 atom stereocenters. The molecule has 28 heavy (non-hydrogen) atoms. The molecule has 0 saturated carbocycles. The van der Waals surface area contributed by atoms with E-state index in [4.69, 9.17) is 11.6 Å². The van der Waals surface area contributed by atoms with Crippen molar-refractivity contribution in [3.8, 4) is 0 Å². The van der Waals surface area contributed by atoms with Gasteiger partial charge in [-0.2, -0.15) is 0 Å². The highest BCUT2D eigenvalue weighted by Crippen LogP contribution is 2.14. The lowest BCUT2D eigenvalue weighted by Crippen LogP contribution is -2.15. The predicted molar refractivity (Wildman–Crippen MR) is 110 cm³/mol. The van der Waals surface area contributed by atoms with Gasteiger partial charge in [0.1, 0.15) is 17.8 Å². The van der Waals surface area contributed by atoms with Gasteiger partial charge in [-0.15, -0.1) is 0 Å². The Morgan fingerprint density at radius 2 is 1.82 bits per heavy atom. The van der Waals surface area contributed by atoms with E-state index in [0.29, 0.717) is 28.6 Å². The first-order valence-corrected chi connectivity index (χ1v) is 9.12. The standard InChI is InChI=1S/C21H19ClN4O2/c1-14(27)16-3-2-4-18(11-16)26-21(28)19-12-20(25-13-24-19)23-10-9-15-5-7-17(22)8-6-15/h2-8,11-13H,9-10H2,1H3,(H,26,28)(H,23,24,25). The Labute approximate surface area is 168 Å². The average Bonchev–Trinajstić information content (AvgIpc) is 2.70. The molecule has 0 fully saturated rings. The van der Waals surface area contributed by atoms with Crippen molar-refractivity contribution in [2.45, 2.75) is 13.3 Å². The number of carbonyl (C=O) groups excluding carboxylic acids is 2. The van der Waals surface area contributed by atoms with Crippen LogP contribution in [0.25, 0.3) is 0 Å². The first-order valence-electron chi connectivity index (χ1n) is 8.74. The predicted octanol–water partition coefficient (Wildman–Crippen LogP) is 4.24. The second-order valence-electron chi connectivity index (χ2n) is 6.18. The van der Waals surface area contributed by atoms with Crippen LogP contribution in [0.15, 0.2) is 60.9 Å². The molecule has 0 saturated heterocycles. The number of Topliss-reactive ketones (excluding diaryl/α,β-unsaturated/α-hetero) is 1. The molecule has 0 aliphatic carbocycles. The molecular formula is C21H19ClN4O2. The summed E-state index contributed by atoms with van der Waals surface area (Å²) in [6.45, 7) is 2.13. The lowest BCUT2D eigenvalue weighted by Gasteiger charge is -2.08. The van der Waals surface area contributed by atoms with Gasteiger partial charge in [0.15, 0.2) is 5.78 Å². The fourth-order valence-electron chi connectivity index (χ4n) is 2.58. The zero-order valence-electron chi connectivity index (χ0n) is 15.3. The third-order valence-electron chi connectivity index (χ3n) is 4.06. The van der Waals surface area contributed by atoms with Crippen LogP contribution in [0.5, 0.6) is 0 Å². The Bertz CT molecular complexity index is 990. The van der Waals surface area contributed by atoms with Gasteiger partial charge in [0.2, 0.25) is 0 Å². The molecular weight excluding hydrogens is 376 g/mol. The number of amides is 1. The van der Waals surface area contributed by atoms with Crippen LogP contribution < -0.4 is 10.6 Å². The maximum absolute atomic E-state index is 12.4. The summed E-state index contributed by atoms with van der Waals surface area (Å²) >= 11 is 5.88. The van der Waals surface area contributed by atoms with Crippen molar-refractivity contribution >= 4 is 34.8 Å². The highest BCUT2D eigenvalue weighted by atomic mass is 35.5. The number of anilines is 2. The highest BCUT2D eigenvalue weighted by Gasteiger charge is 2.10. The van der Waals surface area contributed by atoms with Gasteiger partial charge in [-0.3, -0.25) is 9.59 Å². The van der Waals surface area contributed by atoms with Gasteiger partial charge in [-0.25, -0.2) is 9.97 Å². The Hall–Kier alpha value is -3.25. The van der Waals surface area contributed by atoms with Crippen LogP contribution in [0.2, 0.25) is 5.02 Å². The molecule has 0 unspecified atom stereocenters. The number of halogens is 1. The van der Waals surface area contributed by atoms with Crippen molar-refractivity contribution in [1.29, 1.82) is 0 Å². The normalized spacial score (nSPS) is 10.4. The van der Waals surface area contributed by atoms with Crippen LogP contribution in [0.4, 0.5) is 11.5 Å². The fraction of sp³-hybridized carbons (Fsp3) is 0.143. The maximum atomic E-state index is 12.4. The summed E-state index contributed by atoms with van der Waals surface area (Å²) in [5.41, 5.74) is 2.45. The van der Waals surface area contributed by atoms with Gasteiger partial charge in [0, 0.05) is 28.9 Å². The lowest BCUT2D eigenvalue weighted by atomic mass is 10.1. The van der Waals surface area contributed by atoms with Gasteiger partial charge in [-0.05, 0) is 43.2 Å². The van der Waals surface area contributed by atoms with Gasteiger partial charge >= 0.3 is 0 Å². The SMILES string of the molecule is CC(=O)c1cccc(NC(=O)c2cc(NCCc3ccc(Cl)cc3)ncn2)c1. The van der Waals surface area contributed by atoms with Crippen molar-refractivity contribution in [3.05, 3.63) is 82.8 Å². The molecule has 0 spiro atoms. The number of ketones is 1. The Balaban J connectivity index is 1.60. The molecule has 3 aromatic rings. The second kappa shape index (κ2) is 9.10. The van der Waals surface area contributed by atoms with Crippen LogP contribution in [0.1, 0.15) is 33.3 Å². The molecule has 1 amide bonds. The zero-order valence-corrected chi connectivity index (χ0v) is 16.0. The molecule has 1 aromatic heterocycles. The van der Waals surface area contributed by atoms with E-state index < -0.39 is 0 Å². The van der Waals surface area contributed by atoms with Crippen molar-refractivity contribution in [2.24, 2.45) is 0 Å². The van der Waals surface area contributed by atoms with E-state index in [9.17, 15) is 9.59 Å². The quantitative estimate of drug-likeness (QED) is 0.585. The summed E-state index contributed by atoms with van der Waals surface area (Å²) in [6.07, 6.45) is 2.13. The second-order valence-corrected chi connectivity index (χ2v) is 6.62. The smallest absolute Gasteiger partial charge is 0.274 e. The molecule has 0 aliphatic heterocycles. The monoisotopic (exact) mass is 394 g/mol. The first kappa shape index (κ1) is 19.5. The van der Waals surface area contributed by atoms with E-state index in [1.165, 1.54) is 13.3 Å². The summed E-state index contributed by atoms with van der Waals surface area (Å²) in [5.74, 6) is 0.126. The topological polar surface area (TPSA) is 84.0 Å². The molecule has 3 rings (SSSR count). The molecule has 1 heterocycles. The van der Waals surface area contributed by atoms with Crippen LogP contribution in [0.3, 0.4) is 0 Å². The van der Waals surface area contributed by atoms with Gasteiger partial charge in [-0.1, -0.05) is 35.9 Å². The van der Waals surface area contributed by atoms with Gasteiger partial charge in [0.25, 0.3) is 5.91 Å². The third kappa shape index (κ3) is 5.37. The van der Waals surface area contributed by atoms with E-state index in [-0.39, 0.29) is 17.4 Å². The van der Waals surface area contributed by atoms with Gasteiger partial charge in [0.05, 0.1) is 0 Å². The molecule has 2 aromatic carbocycles. The van der Waals surface area contributed by atoms with Crippen molar-refractivity contribution in [1.82, 2.24) is 9.97 Å². The number of benzene rings is 2. The first-order chi connectivity index (χ1) is 13.5. The summed E-state index contributed by atoms with van der Waals surface area (Å²) in [4.78, 5) is 32.1. The molecule has 6 nitrogen and oxygen atoms in total. The minimum absolute atomic E-state index is 0.0645. The molecule has 142 valence electrons. The number of nitrogens with one attached hydrogen (secondary N) is 2. The van der Waals surface area contributed by atoms with Gasteiger partial charge < -0.3 is 10.6 Å². The molecule has 0 bridgehead atoms. The van der Waals surface area contributed by atoms with E-state index >= 15 is 0 Å². The Morgan fingerprint density at radius 1 is 1.04 bits per heavy atom. The maximum Gasteiger partial charge on any atom is 0.274 e. The van der Waals surface area contributed by atoms with Crippen LogP contribution >= 0.6 is 11.6 Å². The Morgan fingerprint density at radius 3 is 2.57 bits per heavy atom. The summed E-state index contributed by atoms with van der Waals surface area (Å²) in [6, 6.07) is 16.0. The number of nitrogens with zero attached hydrogens (tertiary/aromatic N) is 2. The van der Waals surface area contributed by atoms with Crippen LogP contribution in [-0.2, 0) is 6.42 Å². The molecule has 0 aliphatic rings. The van der Waals surface area contributed by atoms with E-state index in [2.05, 4.69) is 20.6 Å². The minimum Gasteiger partial charge on any atom is -0.370 e. The van der Waals surface area contributed by atoms with E-state index in [0.717, 1.165) is 12.0 Å². The fourth-order valence-corrected chi connectivity index (χ4v) is 2.70. The minimum atomic E-state index is -0.371. The summed E-state index contributed by atoms with van der Waals surface area (Å²) < 4.78 is 0. The molecule has 0 radical (unpaired) electrons. The zero-order chi connectivity index (χ0) is 19.9. The number of rotatable bonds is 7. The largest absolute Gasteiger partial charge is 0.370 e. The van der Waals surface area contributed by atoms with E-state index in [1.807, 2.05) is 24.3 Å². The third-order valence-corrected chi connectivity index (χ3v) is 4.31. The lowest BCUT2D eigenvalue weighted by molar-refractivity contribution is 0.100.